The molecule has 0 aliphatic carbocycles. The molecule has 0 bridgehead atoms. The summed E-state index contributed by atoms with van der Waals surface area (Å²) >= 11 is 0. The van der Waals surface area contributed by atoms with Crippen LogP contribution in [0, 0.1) is 0 Å². The monoisotopic (exact) mass is 562 g/mol. The van der Waals surface area contributed by atoms with Crippen LogP contribution in [0.4, 0.5) is 0 Å². The zero-order valence-electron chi connectivity index (χ0n) is 25.3. The minimum absolute atomic E-state index is 0.139. The number of unbranched alkanes of at least 4 members (excludes halogenated alkanes) is 10. The Balaban J connectivity index is 2.28. The lowest BCUT2D eigenvalue weighted by Gasteiger charge is -2.12. The summed E-state index contributed by atoms with van der Waals surface area (Å²) in [6, 6.07) is 5.15. The minimum atomic E-state index is -0.434. The molecule has 0 atom stereocenters. The summed E-state index contributed by atoms with van der Waals surface area (Å²) in [7, 11) is 1.35. The van der Waals surface area contributed by atoms with Crippen LogP contribution in [-0.4, -0.2) is 51.2 Å². The summed E-state index contributed by atoms with van der Waals surface area (Å²) < 4.78 is 16.7. The second-order valence-corrected chi connectivity index (χ2v) is 10.3. The highest BCUT2D eigenvalue weighted by Crippen LogP contribution is 2.24. The second-order valence-electron chi connectivity index (χ2n) is 10.3. The minimum Gasteiger partial charge on any atom is -0.493 e. The van der Waals surface area contributed by atoms with Crippen molar-refractivity contribution in [1.82, 2.24) is 10.6 Å². The first kappa shape index (κ1) is 35.3. The van der Waals surface area contributed by atoms with Crippen molar-refractivity contribution in [1.29, 1.82) is 0 Å². The summed E-state index contributed by atoms with van der Waals surface area (Å²) in [4.78, 5) is 35.8. The zero-order chi connectivity index (χ0) is 29.3. The Morgan fingerprint density at radius 1 is 0.600 bits per heavy atom. The molecule has 8 nitrogen and oxygen atoms in total. The molecule has 0 aliphatic heterocycles. The van der Waals surface area contributed by atoms with Crippen molar-refractivity contribution in [3.05, 3.63) is 23.8 Å². The SMILES string of the molecule is CCCCCNC(=O)CCCCCCOc1cc(OCCCCCCC(=O)NCCCCC)cc(C(=O)OC)c1. The lowest BCUT2D eigenvalue weighted by atomic mass is 10.1. The fourth-order valence-corrected chi connectivity index (χ4v) is 4.22. The van der Waals surface area contributed by atoms with Gasteiger partial charge in [-0.1, -0.05) is 65.2 Å². The van der Waals surface area contributed by atoms with E-state index in [4.69, 9.17) is 14.2 Å². The molecule has 8 heteroatoms. The lowest BCUT2D eigenvalue weighted by molar-refractivity contribution is -0.122. The molecule has 0 spiro atoms. The molecule has 1 aromatic rings. The van der Waals surface area contributed by atoms with Gasteiger partial charge in [-0.15, -0.1) is 0 Å². The van der Waals surface area contributed by atoms with Crippen molar-refractivity contribution in [3.63, 3.8) is 0 Å². The first-order chi connectivity index (χ1) is 19.5. The Morgan fingerprint density at radius 3 is 1.48 bits per heavy atom. The number of benzene rings is 1. The Labute approximate surface area is 242 Å². The molecular formula is C32H54N2O6. The molecule has 2 N–H and O–H groups in total. The summed E-state index contributed by atoms with van der Waals surface area (Å²) in [5.41, 5.74) is 0.393. The average molecular weight is 563 g/mol. The molecule has 0 fully saturated rings. The van der Waals surface area contributed by atoms with Crippen LogP contribution in [0.1, 0.15) is 127 Å². The number of rotatable bonds is 25. The molecule has 228 valence electrons. The third-order valence-corrected chi connectivity index (χ3v) is 6.64. The summed E-state index contributed by atoms with van der Waals surface area (Å²) in [6.45, 7) is 6.91. The van der Waals surface area contributed by atoms with E-state index < -0.39 is 5.97 Å². The number of ether oxygens (including phenoxy) is 3. The highest BCUT2D eigenvalue weighted by atomic mass is 16.5. The van der Waals surface area contributed by atoms with Gasteiger partial charge in [0.2, 0.25) is 11.8 Å². The van der Waals surface area contributed by atoms with Crippen LogP contribution in [0.3, 0.4) is 0 Å². The summed E-state index contributed by atoms with van der Waals surface area (Å²) in [6.07, 6.45) is 15.2. The Hall–Kier alpha value is -2.77. The van der Waals surface area contributed by atoms with E-state index in [9.17, 15) is 14.4 Å². The van der Waals surface area contributed by atoms with E-state index in [1.165, 1.54) is 7.11 Å². The highest BCUT2D eigenvalue weighted by molar-refractivity contribution is 5.90. The van der Waals surface area contributed by atoms with Crippen LogP contribution in [0.5, 0.6) is 11.5 Å². The van der Waals surface area contributed by atoms with Crippen molar-refractivity contribution in [3.8, 4) is 11.5 Å². The molecule has 1 rings (SSSR count). The molecule has 0 saturated carbocycles. The molecule has 2 amide bonds. The van der Waals surface area contributed by atoms with Gasteiger partial charge >= 0.3 is 5.97 Å². The highest BCUT2D eigenvalue weighted by Gasteiger charge is 2.11. The molecule has 0 heterocycles. The van der Waals surface area contributed by atoms with Gasteiger partial charge in [-0.2, -0.15) is 0 Å². The Bertz CT molecular complexity index is 773. The van der Waals surface area contributed by atoms with Crippen molar-refractivity contribution < 1.29 is 28.6 Å². The van der Waals surface area contributed by atoms with E-state index in [-0.39, 0.29) is 11.8 Å². The fourth-order valence-electron chi connectivity index (χ4n) is 4.22. The largest absolute Gasteiger partial charge is 0.493 e. The number of methoxy groups -OCH3 is 1. The van der Waals surface area contributed by atoms with Gasteiger partial charge in [-0.25, -0.2) is 4.79 Å². The van der Waals surface area contributed by atoms with Gasteiger partial charge in [0.25, 0.3) is 0 Å². The van der Waals surface area contributed by atoms with Crippen molar-refractivity contribution in [2.24, 2.45) is 0 Å². The first-order valence-electron chi connectivity index (χ1n) is 15.5. The number of amides is 2. The van der Waals surface area contributed by atoms with E-state index in [0.29, 0.717) is 43.1 Å². The van der Waals surface area contributed by atoms with Crippen molar-refractivity contribution in [2.45, 2.75) is 117 Å². The molecule has 0 unspecified atom stereocenters. The number of hydrogen-bond donors (Lipinski definition) is 2. The Kier molecular flexibility index (Phi) is 21.2. The Morgan fingerprint density at radius 2 is 1.05 bits per heavy atom. The third kappa shape index (κ3) is 18.5. The van der Waals surface area contributed by atoms with E-state index in [1.54, 1.807) is 18.2 Å². The van der Waals surface area contributed by atoms with Crippen LogP contribution in [0.2, 0.25) is 0 Å². The first-order valence-corrected chi connectivity index (χ1v) is 15.5. The molecule has 0 aromatic heterocycles. The maximum Gasteiger partial charge on any atom is 0.338 e. The number of carbonyl (C=O) groups is 3. The molecular weight excluding hydrogens is 508 g/mol. The van der Waals surface area contributed by atoms with Gasteiger partial charge in [-0.05, 0) is 50.7 Å². The van der Waals surface area contributed by atoms with Crippen LogP contribution in [0.15, 0.2) is 18.2 Å². The molecule has 1 aromatic carbocycles. The fraction of sp³-hybridized carbons (Fsp3) is 0.719. The zero-order valence-corrected chi connectivity index (χ0v) is 25.3. The van der Waals surface area contributed by atoms with E-state index in [1.807, 2.05) is 0 Å². The van der Waals surface area contributed by atoms with Crippen molar-refractivity contribution in [2.75, 3.05) is 33.4 Å². The van der Waals surface area contributed by atoms with E-state index in [2.05, 4.69) is 24.5 Å². The van der Waals surface area contributed by atoms with Crippen LogP contribution in [-0.2, 0) is 14.3 Å². The number of carbonyl (C=O) groups excluding carboxylic acids is 3. The van der Waals surface area contributed by atoms with Crippen molar-refractivity contribution >= 4 is 17.8 Å². The van der Waals surface area contributed by atoms with Gasteiger partial charge in [0.15, 0.2) is 0 Å². The number of hydrogen-bond acceptors (Lipinski definition) is 6. The van der Waals surface area contributed by atoms with Gasteiger partial charge in [-0.3, -0.25) is 9.59 Å². The second kappa shape index (κ2) is 24.1. The smallest absolute Gasteiger partial charge is 0.338 e. The quantitative estimate of drug-likeness (QED) is 0.101. The van der Waals surface area contributed by atoms with Crippen LogP contribution >= 0.6 is 0 Å². The summed E-state index contributed by atoms with van der Waals surface area (Å²) in [5.74, 6) is 1.00. The predicted octanol–water partition coefficient (Wildman–Crippen LogP) is 6.74. The van der Waals surface area contributed by atoms with E-state index in [0.717, 1.165) is 103 Å². The van der Waals surface area contributed by atoms with Gasteiger partial charge in [0, 0.05) is 32.0 Å². The number of esters is 1. The molecule has 0 radical (unpaired) electrons. The van der Waals surface area contributed by atoms with Gasteiger partial charge in [0.05, 0.1) is 25.9 Å². The standard InChI is InChI=1S/C32H54N2O6/c1-4-6-14-20-33-30(35)18-12-8-10-16-22-39-28-24-27(32(37)38-3)25-29(26-28)40-23-17-11-9-13-19-31(36)34-21-15-7-5-2/h24-26H,4-23H2,1-3H3,(H,33,35)(H,34,36). The summed E-state index contributed by atoms with van der Waals surface area (Å²) in [5, 5.41) is 5.96. The topological polar surface area (TPSA) is 103 Å². The maximum absolute atomic E-state index is 12.1. The third-order valence-electron chi connectivity index (χ3n) is 6.64. The lowest BCUT2D eigenvalue weighted by Crippen LogP contribution is -2.23. The van der Waals surface area contributed by atoms with Gasteiger partial charge in [0.1, 0.15) is 11.5 Å². The predicted molar refractivity (Wildman–Crippen MR) is 160 cm³/mol. The van der Waals surface area contributed by atoms with Gasteiger partial charge < -0.3 is 24.8 Å². The van der Waals surface area contributed by atoms with Crippen LogP contribution in [0.25, 0.3) is 0 Å². The molecule has 0 saturated heterocycles. The normalized spacial score (nSPS) is 10.7. The van der Waals surface area contributed by atoms with Crippen LogP contribution < -0.4 is 20.1 Å². The van der Waals surface area contributed by atoms with E-state index >= 15 is 0 Å². The molecule has 0 aliphatic rings. The molecule has 40 heavy (non-hydrogen) atoms. The maximum atomic E-state index is 12.1. The number of nitrogens with one attached hydrogen (secondary N) is 2. The average Bonchev–Trinajstić information content (AvgIpc) is 2.96.